The second kappa shape index (κ2) is 2.48. The number of aromatic nitrogens is 1. The Bertz CT molecular complexity index is 200. The monoisotopic (exact) mass is 184 g/mol. The van der Waals surface area contributed by atoms with Crippen molar-refractivity contribution in [2.24, 2.45) is 0 Å². The fourth-order valence-corrected chi connectivity index (χ4v) is 0.939. The molecule has 1 radical (unpaired) electrons. The molecular weight excluding hydrogens is 178 g/mol. The Balaban J connectivity index is 3.25. The van der Waals surface area contributed by atoms with Gasteiger partial charge in [-0.05, 0) is 35.3 Å². The van der Waals surface area contributed by atoms with Gasteiger partial charge < -0.3 is 0 Å². The fraction of sp³-hybridized carbons (Fsp3) is 0.286. The van der Waals surface area contributed by atoms with Crippen molar-refractivity contribution in [2.75, 3.05) is 0 Å². The zero-order valence-electron chi connectivity index (χ0n) is 5.40. The van der Waals surface area contributed by atoms with Gasteiger partial charge in [-0.1, -0.05) is 0 Å². The van der Waals surface area contributed by atoms with Crippen LogP contribution in [0.4, 0.5) is 0 Å². The van der Waals surface area contributed by atoms with Crippen molar-refractivity contribution in [1.29, 1.82) is 0 Å². The van der Waals surface area contributed by atoms with Gasteiger partial charge >= 0.3 is 0 Å². The molecule has 0 N–H and O–H groups in total. The largest absolute Gasteiger partial charge is 0.261 e. The average molecular weight is 185 g/mol. The molecule has 1 rings (SSSR count). The molecule has 0 aliphatic rings. The SMILES string of the molecule is Cc1nc[c]c(Br)c1C. The Morgan fingerprint density at radius 2 is 2.22 bits per heavy atom. The molecule has 0 unspecified atom stereocenters. The minimum atomic E-state index is 1.01. The van der Waals surface area contributed by atoms with Crippen LogP contribution in [-0.4, -0.2) is 4.98 Å². The lowest BCUT2D eigenvalue weighted by Crippen LogP contribution is -1.85. The molecule has 0 aromatic carbocycles. The van der Waals surface area contributed by atoms with E-state index in [2.05, 4.69) is 27.0 Å². The molecule has 1 aromatic heterocycles. The van der Waals surface area contributed by atoms with Crippen molar-refractivity contribution in [2.45, 2.75) is 13.8 Å². The van der Waals surface area contributed by atoms with Crippen molar-refractivity contribution in [3.05, 3.63) is 28.0 Å². The molecule has 0 aliphatic carbocycles. The van der Waals surface area contributed by atoms with E-state index in [0.29, 0.717) is 0 Å². The van der Waals surface area contributed by atoms with E-state index in [-0.39, 0.29) is 0 Å². The predicted molar refractivity (Wildman–Crippen MR) is 40.2 cm³/mol. The third kappa shape index (κ3) is 1.30. The minimum absolute atomic E-state index is 1.01. The molecule has 0 amide bonds. The summed E-state index contributed by atoms with van der Waals surface area (Å²) in [5, 5.41) is 0. The number of pyridine rings is 1. The zero-order valence-corrected chi connectivity index (χ0v) is 6.99. The van der Waals surface area contributed by atoms with Crippen molar-refractivity contribution >= 4 is 15.9 Å². The van der Waals surface area contributed by atoms with Gasteiger partial charge in [-0.25, -0.2) is 0 Å². The normalized spacial score (nSPS) is 9.67. The molecule has 1 aromatic rings. The molecular formula is C7H7BrN. The zero-order chi connectivity index (χ0) is 6.85. The summed E-state index contributed by atoms with van der Waals surface area (Å²) in [6.07, 6.45) is 1.67. The van der Waals surface area contributed by atoms with Crippen LogP contribution in [0.5, 0.6) is 0 Å². The number of rotatable bonds is 0. The van der Waals surface area contributed by atoms with Crippen LogP contribution in [0.2, 0.25) is 0 Å². The summed E-state index contributed by atoms with van der Waals surface area (Å²) < 4.78 is 1.01. The van der Waals surface area contributed by atoms with Gasteiger partial charge in [-0.3, -0.25) is 4.98 Å². The van der Waals surface area contributed by atoms with E-state index in [1.807, 2.05) is 13.8 Å². The van der Waals surface area contributed by atoms with Gasteiger partial charge in [0.1, 0.15) is 0 Å². The molecule has 0 spiro atoms. The molecule has 47 valence electrons. The lowest BCUT2D eigenvalue weighted by atomic mass is 10.2. The lowest BCUT2D eigenvalue weighted by Gasteiger charge is -1.97. The second-order valence-electron chi connectivity index (χ2n) is 1.93. The van der Waals surface area contributed by atoms with Gasteiger partial charge in [0.15, 0.2) is 0 Å². The van der Waals surface area contributed by atoms with Crippen molar-refractivity contribution in [1.82, 2.24) is 4.98 Å². The highest BCUT2D eigenvalue weighted by Crippen LogP contribution is 2.15. The summed E-state index contributed by atoms with van der Waals surface area (Å²) in [6, 6.07) is 2.95. The Morgan fingerprint density at radius 3 is 2.67 bits per heavy atom. The first-order chi connectivity index (χ1) is 4.22. The van der Waals surface area contributed by atoms with Crippen molar-refractivity contribution in [3.63, 3.8) is 0 Å². The minimum Gasteiger partial charge on any atom is -0.261 e. The molecule has 0 atom stereocenters. The smallest absolute Gasteiger partial charge is 0.0413 e. The maximum atomic E-state index is 4.05. The topological polar surface area (TPSA) is 12.9 Å². The van der Waals surface area contributed by atoms with Crippen LogP contribution in [0.25, 0.3) is 0 Å². The molecule has 0 fully saturated rings. The van der Waals surface area contributed by atoms with Crippen LogP contribution in [0.3, 0.4) is 0 Å². The summed E-state index contributed by atoms with van der Waals surface area (Å²) >= 11 is 3.35. The van der Waals surface area contributed by atoms with E-state index in [1.165, 1.54) is 0 Å². The van der Waals surface area contributed by atoms with E-state index >= 15 is 0 Å². The predicted octanol–water partition coefficient (Wildman–Crippen LogP) is 2.26. The maximum absolute atomic E-state index is 4.05. The van der Waals surface area contributed by atoms with Crippen molar-refractivity contribution < 1.29 is 0 Å². The van der Waals surface area contributed by atoms with E-state index in [0.717, 1.165) is 15.7 Å². The Labute approximate surface area is 63.2 Å². The standard InChI is InChI=1S/C7H7BrN/c1-5-6(2)9-4-3-7(5)8/h4H,1-2H3. The van der Waals surface area contributed by atoms with Crippen LogP contribution in [0.1, 0.15) is 11.3 Å². The lowest BCUT2D eigenvalue weighted by molar-refractivity contribution is 1.13. The number of hydrogen-bond acceptors (Lipinski definition) is 1. The molecule has 1 heterocycles. The molecule has 0 saturated heterocycles. The number of nitrogens with zero attached hydrogens (tertiary/aromatic N) is 1. The van der Waals surface area contributed by atoms with Crippen LogP contribution in [-0.2, 0) is 0 Å². The molecule has 0 aliphatic heterocycles. The van der Waals surface area contributed by atoms with E-state index in [9.17, 15) is 0 Å². The van der Waals surface area contributed by atoms with Gasteiger partial charge in [0, 0.05) is 22.4 Å². The third-order valence-corrected chi connectivity index (χ3v) is 2.15. The summed E-state index contributed by atoms with van der Waals surface area (Å²) in [6.45, 7) is 4.00. The first-order valence-corrected chi connectivity index (χ1v) is 3.50. The van der Waals surface area contributed by atoms with Crippen LogP contribution < -0.4 is 0 Å². The van der Waals surface area contributed by atoms with Gasteiger partial charge in [0.25, 0.3) is 0 Å². The molecule has 1 nitrogen and oxygen atoms in total. The number of halogens is 1. The van der Waals surface area contributed by atoms with Gasteiger partial charge in [-0.15, -0.1) is 0 Å². The van der Waals surface area contributed by atoms with Gasteiger partial charge in [0.2, 0.25) is 0 Å². The van der Waals surface area contributed by atoms with Crippen LogP contribution in [0, 0.1) is 19.9 Å². The van der Waals surface area contributed by atoms with Crippen LogP contribution >= 0.6 is 15.9 Å². The van der Waals surface area contributed by atoms with E-state index in [4.69, 9.17) is 0 Å². The number of aryl methyl sites for hydroxylation is 1. The van der Waals surface area contributed by atoms with Crippen LogP contribution in [0.15, 0.2) is 10.7 Å². The maximum Gasteiger partial charge on any atom is 0.0413 e. The summed E-state index contributed by atoms with van der Waals surface area (Å²) in [4.78, 5) is 4.05. The number of hydrogen-bond donors (Lipinski definition) is 0. The molecule has 2 heteroatoms. The van der Waals surface area contributed by atoms with E-state index < -0.39 is 0 Å². The highest BCUT2D eigenvalue weighted by Gasteiger charge is 1.95. The first-order valence-electron chi connectivity index (χ1n) is 2.71. The highest BCUT2D eigenvalue weighted by atomic mass is 79.9. The van der Waals surface area contributed by atoms with Gasteiger partial charge in [-0.2, -0.15) is 0 Å². The summed E-state index contributed by atoms with van der Waals surface area (Å²) in [5.74, 6) is 0. The van der Waals surface area contributed by atoms with E-state index in [1.54, 1.807) is 6.20 Å². The quantitative estimate of drug-likeness (QED) is 0.604. The Kier molecular flexibility index (Phi) is 1.86. The Hall–Kier alpha value is -0.370. The third-order valence-electron chi connectivity index (χ3n) is 1.32. The second-order valence-corrected chi connectivity index (χ2v) is 2.72. The molecule has 0 saturated carbocycles. The summed E-state index contributed by atoms with van der Waals surface area (Å²) in [7, 11) is 0. The highest BCUT2D eigenvalue weighted by molar-refractivity contribution is 9.10. The molecule has 0 bridgehead atoms. The van der Waals surface area contributed by atoms with Crippen molar-refractivity contribution in [3.8, 4) is 0 Å². The summed E-state index contributed by atoms with van der Waals surface area (Å²) in [5.41, 5.74) is 2.22. The Morgan fingerprint density at radius 1 is 1.56 bits per heavy atom. The first kappa shape index (κ1) is 6.75. The van der Waals surface area contributed by atoms with Gasteiger partial charge in [0.05, 0.1) is 0 Å². The fourth-order valence-electron chi connectivity index (χ4n) is 0.550. The average Bonchev–Trinajstić information content (AvgIpc) is 1.83. The molecule has 9 heavy (non-hydrogen) atoms.